The molecule has 0 aliphatic carbocycles. The number of aromatic amines is 1. The lowest BCUT2D eigenvalue weighted by Gasteiger charge is -2.09. The lowest BCUT2D eigenvalue weighted by atomic mass is 10.2. The Bertz CT molecular complexity index is 772. The second-order valence-electron chi connectivity index (χ2n) is 4.53. The van der Waals surface area contributed by atoms with Crippen molar-refractivity contribution in [1.82, 2.24) is 9.55 Å². The Morgan fingerprint density at radius 3 is 2.83 bits per heavy atom. The molecular formula is C11H12N2O4S. The molecule has 1 fully saturated rings. The summed E-state index contributed by atoms with van der Waals surface area (Å²) < 4.78 is 24.4. The highest BCUT2D eigenvalue weighted by Crippen LogP contribution is 2.28. The van der Waals surface area contributed by atoms with E-state index in [1.807, 2.05) is 0 Å². The molecule has 96 valence electrons. The standard InChI is InChI=1S/C11H12N2O4S/c14-9-3-1-2-8-10(9)12-11(15)13(8)7-4-5-18(16,17)6-7/h1-3,7,14H,4-6H2,(H,12,15). The zero-order valence-corrected chi connectivity index (χ0v) is 10.3. The van der Waals surface area contributed by atoms with Crippen molar-refractivity contribution in [3.8, 4) is 5.75 Å². The van der Waals surface area contributed by atoms with Gasteiger partial charge in [0.05, 0.1) is 23.1 Å². The SMILES string of the molecule is O=c1[nH]c2c(O)cccc2n1C1CCS(=O)(=O)C1. The van der Waals surface area contributed by atoms with Gasteiger partial charge in [0.1, 0.15) is 11.3 Å². The minimum Gasteiger partial charge on any atom is -0.506 e. The highest BCUT2D eigenvalue weighted by Gasteiger charge is 2.31. The summed E-state index contributed by atoms with van der Waals surface area (Å²) in [6.07, 6.45) is 0.435. The van der Waals surface area contributed by atoms with Gasteiger partial charge in [0.2, 0.25) is 0 Å². The Morgan fingerprint density at radius 2 is 2.17 bits per heavy atom. The van der Waals surface area contributed by atoms with Crippen molar-refractivity contribution in [3.05, 3.63) is 28.7 Å². The Kier molecular flexibility index (Phi) is 2.28. The van der Waals surface area contributed by atoms with Gasteiger partial charge >= 0.3 is 5.69 Å². The van der Waals surface area contributed by atoms with Crippen LogP contribution in [-0.4, -0.2) is 34.6 Å². The molecule has 0 radical (unpaired) electrons. The lowest BCUT2D eigenvalue weighted by molar-refractivity contribution is 0.480. The number of benzene rings is 1. The number of hydrogen-bond donors (Lipinski definition) is 2. The average Bonchev–Trinajstić information content (AvgIpc) is 2.79. The predicted molar refractivity (Wildman–Crippen MR) is 66.5 cm³/mol. The number of aromatic hydroxyl groups is 1. The first-order valence-electron chi connectivity index (χ1n) is 5.60. The van der Waals surface area contributed by atoms with E-state index in [4.69, 9.17) is 0 Å². The van der Waals surface area contributed by atoms with Gasteiger partial charge in [-0.05, 0) is 18.6 Å². The predicted octanol–water partition coefficient (Wildman–Crippen LogP) is 0.395. The Morgan fingerprint density at radius 1 is 1.39 bits per heavy atom. The van der Waals surface area contributed by atoms with Crippen LogP contribution in [0.25, 0.3) is 11.0 Å². The summed E-state index contributed by atoms with van der Waals surface area (Å²) in [4.78, 5) is 14.5. The van der Waals surface area contributed by atoms with E-state index in [1.54, 1.807) is 12.1 Å². The van der Waals surface area contributed by atoms with Crippen LogP contribution in [0.3, 0.4) is 0 Å². The first kappa shape index (κ1) is 11.3. The molecular weight excluding hydrogens is 256 g/mol. The van der Waals surface area contributed by atoms with Gasteiger partial charge in [-0.1, -0.05) is 6.07 Å². The monoisotopic (exact) mass is 268 g/mol. The van der Waals surface area contributed by atoms with Crippen LogP contribution in [0.15, 0.2) is 23.0 Å². The minimum atomic E-state index is -3.05. The molecule has 1 aliphatic rings. The van der Waals surface area contributed by atoms with Gasteiger partial charge in [0, 0.05) is 0 Å². The van der Waals surface area contributed by atoms with Crippen molar-refractivity contribution in [1.29, 1.82) is 0 Å². The van der Waals surface area contributed by atoms with E-state index in [9.17, 15) is 18.3 Å². The average molecular weight is 268 g/mol. The number of nitrogens with one attached hydrogen (secondary N) is 1. The van der Waals surface area contributed by atoms with E-state index in [0.29, 0.717) is 17.5 Å². The van der Waals surface area contributed by atoms with Crippen molar-refractivity contribution in [2.45, 2.75) is 12.5 Å². The maximum Gasteiger partial charge on any atom is 0.326 e. The van der Waals surface area contributed by atoms with Crippen LogP contribution >= 0.6 is 0 Å². The maximum atomic E-state index is 11.9. The molecule has 6 nitrogen and oxygen atoms in total. The number of rotatable bonds is 1. The molecule has 2 N–H and O–H groups in total. The molecule has 1 aromatic heterocycles. The molecule has 0 saturated carbocycles. The van der Waals surface area contributed by atoms with Crippen LogP contribution in [0.1, 0.15) is 12.5 Å². The first-order chi connectivity index (χ1) is 8.48. The Hall–Kier alpha value is -1.76. The van der Waals surface area contributed by atoms with Gasteiger partial charge in [0.15, 0.2) is 9.84 Å². The number of imidazole rings is 1. The smallest absolute Gasteiger partial charge is 0.326 e. The van der Waals surface area contributed by atoms with Gasteiger partial charge in [-0.3, -0.25) is 4.57 Å². The molecule has 1 aromatic carbocycles. The normalized spacial score (nSPS) is 22.6. The minimum absolute atomic E-state index is 0.01000. The summed E-state index contributed by atoms with van der Waals surface area (Å²) in [5.74, 6) is 0.0784. The van der Waals surface area contributed by atoms with Crippen molar-refractivity contribution < 1.29 is 13.5 Å². The number of para-hydroxylation sites is 1. The van der Waals surface area contributed by atoms with E-state index in [0.717, 1.165) is 0 Å². The van der Waals surface area contributed by atoms with Crippen LogP contribution in [0.5, 0.6) is 5.75 Å². The maximum absolute atomic E-state index is 11.9. The molecule has 18 heavy (non-hydrogen) atoms. The van der Waals surface area contributed by atoms with Gasteiger partial charge in [-0.15, -0.1) is 0 Å². The number of fused-ring (bicyclic) bond motifs is 1. The molecule has 1 saturated heterocycles. The third-order valence-corrected chi connectivity index (χ3v) is 5.05. The van der Waals surface area contributed by atoms with Crippen LogP contribution < -0.4 is 5.69 Å². The van der Waals surface area contributed by atoms with Crippen molar-refractivity contribution in [2.24, 2.45) is 0 Å². The molecule has 7 heteroatoms. The van der Waals surface area contributed by atoms with Crippen LogP contribution in [-0.2, 0) is 9.84 Å². The largest absolute Gasteiger partial charge is 0.506 e. The Balaban J connectivity index is 2.21. The number of aromatic nitrogens is 2. The van der Waals surface area contributed by atoms with E-state index in [1.165, 1.54) is 10.6 Å². The quantitative estimate of drug-likeness (QED) is 0.782. The third kappa shape index (κ3) is 1.62. The van der Waals surface area contributed by atoms with E-state index in [-0.39, 0.29) is 29.0 Å². The van der Waals surface area contributed by atoms with Gasteiger partial charge in [0.25, 0.3) is 0 Å². The number of nitrogens with zero attached hydrogens (tertiary/aromatic N) is 1. The number of phenolic OH excluding ortho intramolecular Hbond substituents is 1. The number of sulfone groups is 1. The summed E-state index contributed by atoms with van der Waals surface area (Å²) in [6.45, 7) is 0. The Labute approximate surface area is 103 Å². The molecule has 2 aromatic rings. The summed E-state index contributed by atoms with van der Waals surface area (Å²) in [7, 11) is -3.05. The summed E-state index contributed by atoms with van der Waals surface area (Å²) in [6, 6.07) is 4.45. The van der Waals surface area contributed by atoms with Crippen LogP contribution in [0.4, 0.5) is 0 Å². The van der Waals surface area contributed by atoms with Crippen molar-refractivity contribution in [3.63, 3.8) is 0 Å². The van der Waals surface area contributed by atoms with Crippen molar-refractivity contribution in [2.75, 3.05) is 11.5 Å². The molecule has 3 rings (SSSR count). The number of H-pyrrole nitrogens is 1. The van der Waals surface area contributed by atoms with Gasteiger partial charge in [-0.2, -0.15) is 0 Å². The molecule has 2 heterocycles. The van der Waals surface area contributed by atoms with Gasteiger partial charge < -0.3 is 10.1 Å². The fourth-order valence-corrected chi connectivity index (χ4v) is 4.18. The zero-order valence-electron chi connectivity index (χ0n) is 9.46. The second-order valence-corrected chi connectivity index (χ2v) is 6.76. The lowest BCUT2D eigenvalue weighted by Crippen LogP contribution is -2.23. The molecule has 0 spiro atoms. The topological polar surface area (TPSA) is 92.2 Å². The molecule has 1 unspecified atom stereocenters. The van der Waals surface area contributed by atoms with E-state index >= 15 is 0 Å². The van der Waals surface area contributed by atoms with Crippen molar-refractivity contribution >= 4 is 20.9 Å². The van der Waals surface area contributed by atoms with Gasteiger partial charge in [-0.25, -0.2) is 13.2 Å². The summed E-state index contributed by atoms with van der Waals surface area (Å²) in [5.41, 5.74) is 0.516. The fourth-order valence-electron chi connectivity index (χ4n) is 2.48. The molecule has 1 atom stereocenters. The zero-order chi connectivity index (χ0) is 12.9. The number of phenols is 1. The van der Waals surface area contributed by atoms with E-state index < -0.39 is 9.84 Å². The summed E-state index contributed by atoms with van der Waals surface area (Å²) >= 11 is 0. The van der Waals surface area contributed by atoms with E-state index in [2.05, 4.69) is 4.98 Å². The van der Waals surface area contributed by atoms with Crippen LogP contribution in [0.2, 0.25) is 0 Å². The summed E-state index contributed by atoms with van der Waals surface area (Å²) in [5, 5.41) is 9.65. The first-order valence-corrected chi connectivity index (χ1v) is 7.43. The highest BCUT2D eigenvalue weighted by molar-refractivity contribution is 7.91. The molecule has 0 bridgehead atoms. The third-order valence-electron chi connectivity index (χ3n) is 3.30. The number of hydrogen-bond acceptors (Lipinski definition) is 4. The molecule has 0 amide bonds. The second kappa shape index (κ2) is 3.61. The highest BCUT2D eigenvalue weighted by atomic mass is 32.2. The van der Waals surface area contributed by atoms with Crippen LogP contribution in [0, 0.1) is 0 Å². The molecule has 1 aliphatic heterocycles. The fraction of sp³-hybridized carbons (Fsp3) is 0.364.